The standard InChI is InChI=1S/C16H18N2O3/c19-14(20)16(8-9-16)12-4-6-13(7-5-12)17-15(21)18-10-2-1-3-11-18/h1-2,4-7H,3,8-11H2,(H,17,21)(H,19,20). The number of benzene rings is 1. The largest absolute Gasteiger partial charge is 0.481 e. The summed E-state index contributed by atoms with van der Waals surface area (Å²) < 4.78 is 0. The molecule has 5 heteroatoms. The number of carbonyl (C=O) groups excluding carboxylic acids is 1. The lowest BCUT2D eigenvalue weighted by Gasteiger charge is -2.23. The molecule has 1 aromatic rings. The number of carboxylic acid groups (broad SMARTS) is 1. The van der Waals surface area contributed by atoms with Gasteiger partial charge in [0.25, 0.3) is 0 Å². The second-order valence-electron chi connectivity index (χ2n) is 5.60. The van der Waals surface area contributed by atoms with Crippen LogP contribution in [0.1, 0.15) is 24.8 Å². The fourth-order valence-electron chi connectivity index (χ4n) is 2.65. The smallest absolute Gasteiger partial charge is 0.322 e. The van der Waals surface area contributed by atoms with E-state index in [-0.39, 0.29) is 6.03 Å². The zero-order valence-electron chi connectivity index (χ0n) is 11.7. The zero-order chi connectivity index (χ0) is 14.9. The number of nitrogens with one attached hydrogen (secondary N) is 1. The van der Waals surface area contributed by atoms with Crippen LogP contribution in [0, 0.1) is 0 Å². The van der Waals surface area contributed by atoms with Crippen LogP contribution in [0.4, 0.5) is 10.5 Å². The average Bonchev–Trinajstić information content (AvgIpc) is 3.31. The van der Waals surface area contributed by atoms with Crippen molar-refractivity contribution < 1.29 is 14.7 Å². The maximum atomic E-state index is 12.1. The lowest BCUT2D eigenvalue weighted by Crippen LogP contribution is -2.37. The molecule has 1 heterocycles. The summed E-state index contributed by atoms with van der Waals surface area (Å²) in [7, 11) is 0. The van der Waals surface area contributed by atoms with Gasteiger partial charge >= 0.3 is 12.0 Å². The quantitative estimate of drug-likeness (QED) is 0.839. The Labute approximate surface area is 123 Å². The number of hydrogen-bond acceptors (Lipinski definition) is 2. The molecule has 110 valence electrons. The van der Waals surface area contributed by atoms with Crippen molar-refractivity contribution >= 4 is 17.7 Å². The molecule has 0 bridgehead atoms. The Morgan fingerprint density at radius 2 is 1.86 bits per heavy atom. The maximum absolute atomic E-state index is 12.1. The summed E-state index contributed by atoms with van der Waals surface area (Å²) in [5.41, 5.74) is 0.814. The van der Waals surface area contributed by atoms with Crippen molar-refractivity contribution in [2.75, 3.05) is 18.4 Å². The summed E-state index contributed by atoms with van der Waals surface area (Å²) in [4.78, 5) is 25.1. The number of amides is 2. The van der Waals surface area contributed by atoms with E-state index in [2.05, 4.69) is 11.4 Å². The van der Waals surface area contributed by atoms with Gasteiger partial charge in [0.1, 0.15) is 0 Å². The first-order valence-electron chi connectivity index (χ1n) is 7.17. The second kappa shape index (κ2) is 5.24. The molecule has 21 heavy (non-hydrogen) atoms. The Morgan fingerprint density at radius 1 is 1.14 bits per heavy atom. The minimum atomic E-state index is -0.764. The first-order valence-corrected chi connectivity index (χ1v) is 7.17. The minimum absolute atomic E-state index is 0.119. The van der Waals surface area contributed by atoms with E-state index in [0.29, 0.717) is 25.1 Å². The molecule has 1 aliphatic carbocycles. The Morgan fingerprint density at radius 3 is 2.38 bits per heavy atom. The third-order valence-corrected chi connectivity index (χ3v) is 4.19. The van der Waals surface area contributed by atoms with Crippen molar-refractivity contribution in [1.29, 1.82) is 0 Å². The minimum Gasteiger partial charge on any atom is -0.481 e. The molecule has 0 aromatic heterocycles. The van der Waals surface area contributed by atoms with Crippen molar-refractivity contribution in [2.24, 2.45) is 0 Å². The fraction of sp³-hybridized carbons (Fsp3) is 0.375. The van der Waals surface area contributed by atoms with Crippen LogP contribution in [0.3, 0.4) is 0 Å². The predicted octanol–water partition coefficient (Wildman–Crippen LogP) is 2.60. The van der Waals surface area contributed by atoms with Gasteiger partial charge in [-0.3, -0.25) is 4.79 Å². The van der Waals surface area contributed by atoms with Gasteiger partial charge in [-0.15, -0.1) is 0 Å². The molecule has 1 fully saturated rings. The molecule has 1 aliphatic heterocycles. The van der Waals surface area contributed by atoms with Crippen molar-refractivity contribution in [1.82, 2.24) is 4.90 Å². The van der Waals surface area contributed by atoms with Crippen molar-refractivity contribution in [3.05, 3.63) is 42.0 Å². The van der Waals surface area contributed by atoms with Gasteiger partial charge in [-0.2, -0.15) is 0 Å². The normalized spacial score (nSPS) is 19.1. The summed E-state index contributed by atoms with van der Waals surface area (Å²) in [5, 5.41) is 12.1. The van der Waals surface area contributed by atoms with Gasteiger partial charge in [0.15, 0.2) is 0 Å². The van der Waals surface area contributed by atoms with Gasteiger partial charge in [-0.25, -0.2) is 4.79 Å². The summed E-state index contributed by atoms with van der Waals surface area (Å²) in [6.07, 6.45) is 6.31. The highest BCUT2D eigenvalue weighted by Gasteiger charge is 2.51. The lowest BCUT2D eigenvalue weighted by molar-refractivity contribution is -0.140. The highest BCUT2D eigenvalue weighted by atomic mass is 16.4. The Hall–Kier alpha value is -2.30. The molecule has 5 nitrogen and oxygen atoms in total. The number of urea groups is 1. The molecule has 3 rings (SSSR count). The van der Waals surface area contributed by atoms with Crippen LogP contribution >= 0.6 is 0 Å². The zero-order valence-corrected chi connectivity index (χ0v) is 11.7. The molecule has 2 amide bonds. The number of rotatable bonds is 3. The van der Waals surface area contributed by atoms with Crippen molar-refractivity contribution in [3.63, 3.8) is 0 Å². The van der Waals surface area contributed by atoms with E-state index >= 15 is 0 Å². The first kappa shape index (κ1) is 13.7. The van der Waals surface area contributed by atoms with Gasteiger partial charge in [0, 0.05) is 18.8 Å². The summed E-state index contributed by atoms with van der Waals surface area (Å²) in [6, 6.07) is 7.03. The van der Waals surface area contributed by atoms with Crippen LogP contribution in [-0.2, 0) is 10.2 Å². The monoisotopic (exact) mass is 286 g/mol. The molecule has 0 radical (unpaired) electrons. The van der Waals surface area contributed by atoms with Crippen LogP contribution in [0.15, 0.2) is 36.4 Å². The first-order chi connectivity index (χ1) is 10.1. The van der Waals surface area contributed by atoms with Gasteiger partial charge in [-0.1, -0.05) is 24.3 Å². The van der Waals surface area contributed by atoms with Crippen LogP contribution < -0.4 is 5.32 Å². The van der Waals surface area contributed by atoms with E-state index in [1.165, 1.54) is 0 Å². The molecule has 2 aliphatic rings. The summed E-state index contributed by atoms with van der Waals surface area (Å²) in [6.45, 7) is 1.36. The molecule has 0 saturated heterocycles. The Balaban J connectivity index is 1.66. The topological polar surface area (TPSA) is 69.6 Å². The highest BCUT2D eigenvalue weighted by Crippen LogP contribution is 2.48. The number of aliphatic carboxylic acids is 1. The summed E-state index contributed by atoms with van der Waals surface area (Å²) >= 11 is 0. The van der Waals surface area contributed by atoms with E-state index in [1.54, 1.807) is 29.2 Å². The molecular formula is C16H18N2O3. The lowest BCUT2D eigenvalue weighted by atomic mass is 9.96. The number of anilines is 1. The molecule has 1 aromatic carbocycles. The van der Waals surface area contributed by atoms with E-state index in [0.717, 1.165) is 18.5 Å². The predicted molar refractivity (Wildman–Crippen MR) is 79.3 cm³/mol. The highest BCUT2D eigenvalue weighted by molar-refractivity contribution is 5.90. The van der Waals surface area contributed by atoms with Crippen molar-refractivity contribution in [2.45, 2.75) is 24.7 Å². The van der Waals surface area contributed by atoms with Gasteiger partial charge in [-0.05, 0) is 37.0 Å². The van der Waals surface area contributed by atoms with Gasteiger partial charge < -0.3 is 15.3 Å². The van der Waals surface area contributed by atoms with Gasteiger partial charge in [0.05, 0.1) is 5.41 Å². The third kappa shape index (κ3) is 2.63. The molecule has 1 saturated carbocycles. The third-order valence-electron chi connectivity index (χ3n) is 4.19. The summed E-state index contributed by atoms with van der Waals surface area (Å²) in [5.74, 6) is -0.764. The van der Waals surface area contributed by atoms with Crippen LogP contribution in [0.2, 0.25) is 0 Å². The maximum Gasteiger partial charge on any atom is 0.322 e. The fourth-order valence-corrected chi connectivity index (χ4v) is 2.65. The van der Waals surface area contributed by atoms with Crippen LogP contribution in [-0.4, -0.2) is 35.1 Å². The number of nitrogens with zero attached hydrogens (tertiary/aromatic N) is 1. The molecule has 0 atom stereocenters. The SMILES string of the molecule is O=C(Nc1ccc(C2(C(=O)O)CC2)cc1)N1CC=CCC1. The van der Waals surface area contributed by atoms with Crippen LogP contribution in [0.25, 0.3) is 0 Å². The number of carbonyl (C=O) groups is 2. The van der Waals surface area contributed by atoms with Gasteiger partial charge in [0.2, 0.25) is 0 Å². The number of carboxylic acids is 1. The Bertz CT molecular complexity index is 588. The molecule has 2 N–H and O–H groups in total. The van der Waals surface area contributed by atoms with E-state index in [1.807, 2.05) is 6.08 Å². The van der Waals surface area contributed by atoms with E-state index in [9.17, 15) is 14.7 Å². The van der Waals surface area contributed by atoms with E-state index < -0.39 is 11.4 Å². The second-order valence-corrected chi connectivity index (χ2v) is 5.60. The van der Waals surface area contributed by atoms with Crippen LogP contribution in [0.5, 0.6) is 0 Å². The average molecular weight is 286 g/mol. The van der Waals surface area contributed by atoms with Crippen molar-refractivity contribution in [3.8, 4) is 0 Å². The molecule has 0 spiro atoms. The Kier molecular flexibility index (Phi) is 3.41. The molecule has 0 unspecified atom stereocenters. The van der Waals surface area contributed by atoms with E-state index in [4.69, 9.17) is 0 Å². The molecular weight excluding hydrogens is 268 g/mol. The number of hydrogen-bond donors (Lipinski definition) is 2.